The highest BCUT2D eigenvalue weighted by atomic mass is 31.1. The zero-order valence-electron chi connectivity index (χ0n) is 15.1. The van der Waals surface area contributed by atoms with Crippen molar-refractivity contribution in [3.8, 4) is 5.75 Å². The zero-order valence-corrected chi connectivity index (χ0v) is 16.0. The molecule has 0 saturated carbocycles. The van der Waals surface area contributed by atoms with Crippen LogP contribution in [-0.2, 0) is 31.4 Å². The Morgan fingerprint density at radius 3 is 1.87 bits per heavy atom. The number of hydrogen-bond donors (Lipinski definition) is 1. The van der Waals surface area contributed by atoms with Crippen molar-refractivity contribution in [1.29, 1.82) is 0 Å². The van der Waals surface area contributed by atoms with Crippen molar-refractivity contribution in [1.82, 2.24) is 0 Å². The molecule has 1 rings (SSSR count). The van der Waals surface area contributed by atoms with Gasteiger partial charge in [-0.2, -0.15) is 4.89 Å². The van der Waals surface area contributed by atoms with Gasteiger partial charge in [0.25, 0.3) is 0 Å². The molecule has 1 N–H and O–H groups in total. The Morgan fingerprint density at radius 1 is 1.04 bits per heavy atom. The predicted molar refractivity (Wildman–Crippen MR) is 90.7 cm³/mol. The van der Waals surface area contributed by atoms with Crippen LogP contribution in [0.1, 0.15) is 65.2 Å². The van der Waals surface area contributed by atoms with Crippen molar-refractivity contribution in [2.75, 3.05) is 6.61 Å². The number of benzene rings is 1. The van der Waals surface area contributed by atoms with E-state index in [1.807, 2.05) is 19.1 Å². The van der Waals surface area contributed by atoms with Crippen LogP contribution in [0.3, 0.4) is 0 Å². The van der Waals surface area contributed by atoms with Crippen LogP contribution in [0.15, 0.2) is 12.1 Å². The van der Waals surface area contributed by atoms with E-state index < -0.39 is 8.25 Å². The molecule has 0 aliphatic rings. The van der Waals surface area contributed by atoms with Gasteiger partial charge in [0.2, 0.25) is 0 Å². The summed E-state index contributed by atoms with van der Waals surface area (Å²) in [6.45, 7) is 14.9. The van der Waals surface area contributed by atoms with Crippen LogP contribution < -0.4 is 4.89 Å². The third kappa shape index (κ3) is 5.85. The molecule has 1 aromatic carbocycles. The summed E-state index contributed by atoms with van der Waals surface area (Å²) in [6.07, 6.45) is 0. The molecule has 0 spiro atoms. The monoisotopic (exact) mass is 343 g/mol. The van der Waals surface area contributed by atoms with Gasteiger partial charge in [-0.25, -0.2) is 0 Å². The van der Waals surface area contributed by atoms with Crippen LogP contribution in [0.2, 0.25) is 0 Å². The van der Waals surface area contributed by atoms with Crippen LogP contribution in [0.4, 0.5) is 0 Å². The molecule has 0 amide bonds. The molecule has 1 atom stereocenters. The maximum atomic E-state index is 10.8. The zero-order chi connectivity index (χ0) is 17.8. The molecule has 0 radical (unpaired) electrons. The van der Waals surface area contributed by atoms with Crippen LogP contribution in [0, 0.1) is 0 Å². The lowest BCUT2D eigenvalue weighted by molar-refractivity contribution is -0.203. The molecule has 1 unspecified atom stereocenters. The van der Waals surface area contributed by atoms with Crippen molar-refractivity contribution in [2.24, 2.45) is 0 Å². The molecule has 0 saturated heterocycles. The second-order valence-corrected chi connectivity index (χ2v) is 8.26. The summed E-state index contributed by atoms with van der Waals surface area (Å²) in [5.74, 6) is 0.712. The average molecular weight is 343 g/mol. The Bertz CT molecular complexity index is 520. The summed E-state index contributed by atoms with van der Waals surface area (Å²) in [5, 5.41) is 0. The maximum Gasteiger partial charge on any atom is 0.695 e. The molecule has 6 heteroatoms. The molecule has 0 aliphatic carbocycles. The Balaban J connectivity index is 3.48. The summed E-state index contributed by atoms with van der Waals surface area (Å²) in [5.41, 5.74) is 2.43. The van der Waals surface area contributed by atoms with E-state index in [1.165, 1.54) is 0 Å². The van der Waals surface area contributed by atoms with Gasteiger partial charge in [-0.05, 0) is 35.4 Å². The fourth-order valence-corrected chi connectivity index (χ4v) is 2.48. The molecule has 0 fully saturated rings. The summed E-state index contributed by atoms with van der Waals surface area (Å²) in [6, 6.07) is 3.89. The van der Waals surface area contributed by atoms with Gasteiger partial charge in [-0.3, -0.25) is 0 Å². The lowest BCUT2D eigenvalue weighted by atomic mass is 9.78. The topological polar surface area (TPSA) is 65.0 Å². The SMILES string of the molecule is CCOOc1c(C(C)(C)C)cc(CO[P+](=O)O)cc1C(C)(C)C. The van der Waals surface area contributed by atoms with Crippen LogP contribution >= 0.6 is 8.25 Å². The third-order valence-electron chi connectivity index (χ3n) is 3.37. The molecule has 5 nitrogen and oxygen atoms in total. The predicted octanol–water partition coefficient (Wildman–Crippen LogP) is 4.78. The van der Waals surface area contributed by atoms with Gasteiger partial charge < -0.3 is 4.89 Å². The molecular formula is C17H28O5P+. The fourth-order valence-electron chi connectivity index (χ4n) is 2.22. The highest BCUT2D eigenvalue weighted by Gasteiger charge is 2.29. The van der Waals surface area contributed by atoms with E-state index in [2.05, 4.69) is 41.5 Å². The number of hydrogen-bond acceptors (Lipinski definition) is 4. The Hall–Kier alpha value is -1.00. The molecule has 130 valence electrons. The first-order valence-corrected chi connectivity index (χ1v) is 8.86. The first-order chi connectivity index (χ1) is 10.5. The van der Waals surface area contributed by atoms with Gasteiger partial charge in [0, 0.05) is 15.7 Å². The smallest absolute Gasteiger partial charge is 0.337 e. The summed E-state index contributed by atoms with van der Waals surface area (Å²) >= 11 is 0. The second kappa shape index (κ2) is 7.71. The highest BCUT2D eigenvalue weighted by molar-refractivity contribution is 7.32. The third-order valence-corrected chi connectivity index (χ3v) is 3.72. The van der Waals surface area contributed by atoms with E-state index in [9.17, 15) is 4.57 Å². The molecule has 0 heterocycles. The van der Waals surface area contributed by atoms with Gasteiger partial charge in [-0.15, -0.1) is 9.42 Å². The summed E-state index contributed by atoms with van der Waals surface area (Å²) < 4.78 is 15.7. The maximum absolute atomic E-state index is 10.8. The van der Waals surface area contributed by atoms with E-state index in [1.54, 1.807) is 0 Å². The molecule has 0 aromatic heterocycles. The van der Waals surface area contributed by atoms with Crippen molar-refractivity contribution < 1.29 is 23.8 Å². The molecule has 23 heavy (non-hydrogen) atoms. The minimum Gasteiger partial charge on any atom is -0.337 e. The fraction of sp³-hybridized carbons (Fsp3) is 0.647. The van der Waals surface area contributed by atoms with Crippen molar-refractivity contribution in [2.45, 2.75) is 65.9 Å². The quantitative estimate of drug-likeness (QED) is 0.457. The first-order valence-electron chi connectivity index (χ1n) is 7.73. The highest BCUT2D eigenvalue weighted by Crippen LogP contribution is 2.41. The van der Waals surface area contributed by atoms with Gasteiger partial charge in [0.1, 0.15) is 6.61 Å². The normalized spacial score (nSPS) is 13.1. The van der Waals surface area contributed by atoms with Crippen LogP contribution in [0.5, 0.6) is 5.75 Å². The van der Waals surface area contributed by atoms with Crippen molar-refractivity contribution in [3.63, 3.8) is 0 Å². The van der Waals surface area contributed by atoms with Crippen LogP contribution in [-0.4, -0.2) is 11.5 Å². The van der Waals surface area contributed by atoms with E-state index in [0.29, 0.717) is 12.4 Å². The molecule has 0 aliphatic heterocycles. The van der Waals surface area contributed by atoms with Gasteiger partial charge in [0.05, 0.1) is 6.61 Å². The Morgan fingerprint density at radius 2 is 1.52 bits per heavy atom. The molecule has 1 aromatic rings. The van der Waals surface area contributed by atoms with Gasteiger partial charge >= 0.3 is 8.25 Å². The van der Waals surface area contributed by atoms with Crippen molar-refractivity contribution in [3.05, 3.63) is 28.8 Å². The van der Waals surface area contributed by atoms with Crippen molar-refractivity contribution >= 4 is 8.25 Å². The van der Waals surface area contributed by atoms with Gasteiger partial charge in [0.15, 0.2) is 5.75 Å². The standard InChI is InChI=1S/C17H27O5P/c1-8-20-22-15-13(16(2,3)4)9-12(11-21-23(18)19)10-14(15)17(5,6)7/h9-10H,8,11H2,1-7H3/p+1. The van der Waals surface area contributed by atoms with E-state index >= 15 is 0 Å². The molecular weight excluding hydrogens is 315 g/mol. The first kappa shape index (κ1) is 20.0. The minimum atomic E-state index is -2.62. The van der Waals surface area contributed by atoms with Crippen LogP contribution in [0.25, 0.3) is 0 Å². The number of rotatable bonds is 6. The minimum absolute atomic E-state index is 0.0762. The average Bonchev–Trinajstić information content (AvgIpc) is 2.40. The Kier molecular flexibility index (Phi) is 6.72. The van der Waals surface area contributed by atoms with Gasteiger partial charge in [-0.1, -0.05) is 41.5 Å². The lowest BCUT2D eigenvalue weighted by Crippen LogP contribution is -2.20. The second-order valence-electron chi connectivity index (χ2n) is 7.52. The summed E-state index contributed by atoms with van der Waals surface area (Å²) in [7, 11) is -2.62. The largest absolute Gasteiger partial charge is 0.695 e. The van der Waals surface area contributed by atoms with E-state index in [0.717, 1.165) is 16.7 Å². The lowest BCUT2D eigenvalue weighted by Gasteiger charge is -2.29. The Labute approximate surface area is 139 Å². The van der Waals surface area contributed by atoms with E-state index in [-0.39, 0.29) is 17.4 Å². The molecule has 0 bridgehead atoms. The summed E-state index contributed by atoms with van der Waals surface area (Å²) in [4.78, 5) is 19.7. The van der Waals surface area contributed by atoms with E-state index in [4.69, 9.17) is 19.2 Å².